The lowest BCUT2D eigenvalue weighted by Gasteiger charge is -2.35. The fourth-order valence-electron chi connectivity index (χ4n) is 2.28. The maximum Gasteiger partial charge on any atom is 0.239 e. The highest BCUT2D eigenvalue weighted by atomic mass is 15.4. The van der Waals surface area contributed by atoms with Gasteiger partial charge in [-0.25, -0.2) is 9.67 Å². The van der Waals surface area contributed by atoms with Gasteiger partial charge in [0.05, 0.1) is 6.04 Å². The summed E-state index contributed by atoms with van der Waals surface area (Å²) in [5, 5.41) is 4.22. The Morgan fingerprint density at radius 2 is 2.21 bits per heavy atom. The van der Waals surface area contributed by atoms with Crippen molar-refractivity contribution < 1.29 is 0 Å². The lowest BCUT2D eigenvalue weighted by atomic mass is 9.76. The molecule has 0 spiro atoms. The minimum Gasteiger partial charge on any atom is -0.367 e. The quantitative estimate of drug-likeness (QED) is 0.799. The van der Waals surface area contributed by atoms with Crippen LogP contribution in [-0.2, 0) is 0 Å². The SMILES string of the molecule is CC(C)C(C1CCC1)n1cnc(N)n1. The summed E-state index contributed by atoms with van der Waals surface area (Å²) in [4.78, 5) is 3.99. The zero-order chi connectivity index (χ0) is 10.1. The first-order chi connectivity index (χ1) is 6.68. The second kappa shape index (κ2) is 3.59. The van der Waals surface area contributed by atoms with E-state index < -0.39 is 0 Å². The van der Waals surface area contributed by atoms with E-state index in [-0.39, 0.29) is 0 Å². The highest BCUT2D eigenvalue weighted by Crippen LogP contribution is 2.39. The minimum atomic E-state index is 0.384. The number of rotatable bonds is 3. The molecule has 0 amide bonds. The van der Waals surface area contributed by atoms with E-state index in [1.54, 1.807) is 6.33 Å². The molecule has 0 aromatic carbocycles. The molecule has 1 atom stereocenters. The van der Waals surface area contributed by atoms with Crippen LogP contribution in [-0.4, -0.2) is 14.8 Å². The number of hydrogen-bond acceptors (Lipinski definition) is 3. The summed E-state index contributed by atoms with van der Waals surface area (Å²) in [7, 11) is 0. The number of nitrogen functional groups attached to an aromatic ring is 1. The van der Waals surface area contributed by atoms with Gasteiger partial charge >= 0.3 is 0 Å². The molecule has 4 heteroatoms. The number of nitrogens with zero attached hydrogens (tertiary/aromatic N) is 3. The number of hydrogen-bond donors (Lipinski definition) is 1. The monoisotopic (exact) mass is 194 g/mol. The number of anilines is 1. The van der Waals surface area contributed by atoms with Crippen molar-refractivity contribution in [2.24, 2.45) is 11.8 Å². The molecule has 0 radical (unpaired) electrons. The zero-order valence-electron chi connectivity index (χ0n) is 8.85. The van der Waals surface area contributed by atoms with Gasteiger partial charge in [0.2, 0.25) is 5.95 Å². The average molecular weight is 194 g/mol. The molecule has 2 N–H and O–H groups in total. The maximum atomic E-state index is 5.53. The molecule has 1 unspecified atom stereocenters. The van der Waals surface area contributed by atoms with Crippen LogP contribution in [0.1, 0.15) is 39.2 Å². The van der Waals surface area contributed by atoms with Crippen molar-refractivity contribution in [2.75, 3.05) is 5.73 Å². The van der Waals surface area contributed by atoms with Crippen LogP contribution in [0.25, 0.3) is 0 Å². The first-order valence-electron chi connectivity index (χ1n) is 5.35. The maximum absolute atomic E-state index is 5.53. The Balaban J connectivity index is 2.17. The van der Waals surface area contributed by atoms with Crippen LogP contribution < -0.4 is 5.73 Å². The molecular weight excluding hydrogens is 176 g/mol. The van der Waals surface area contributed by atoms with Gasteiger partial charge in [-0.3, -0.25) is 0 Å². The van der Waals surface area contributed by atoms with Crippen LogP contribution in [0, 0.1) is 11.8 Å². The summed E-state index contributed by atoms with van der Waals surface area (Å²) in [5.41, 5.74) is 5.53. The van der Waals surface area contributed by atoms with Gasteiger partial charge in [0.15, 0.2) is 0 Å². The van der Waals surface area contributed by atoms with Crippen LogP contribution in [0.15, 0.2) is 6.33 Å². The Hall–Kier alpha value is -1.06. The van der Waals surface area contributed by atoms with Crippen molar-refractivity contribution in [2.45, 2.75) is 39.2 Å². The van der Waals surface area contributed by atoms with Gasteiger partial charge in [-0.05, 0) is 24.7 Å². The van der Waals surface area contributed by atoms with E-state index in [4.69, 9.17) is 5.73 Å². The van der Waals surface area contributed by atoms with Crippen molar-refractivity contribution in [1.82, 2.24) is 14.8 Å². The standard InChI is InChI=1S/C10H18N4/c1-7(2)9(8-4-3-5-8)14-6-12-10(11)13-14/h6-9H,3-5H2,1-2H3,(H2,11,13). The van der Waals surface area contributed by atoms with E-state index in [1.807, 2.05) is 4.68 Å². The molecule has 0 aliphatic heterocycles. The van der Waals surface area contributed by atoms with E-state index in [0.717, 1.165) is 5.92 Å². The lowest BCUT2D eigenvalue weighted by molar-refractivity contribution is 0.153. The molecular formula is C10H18N4. The zero-order valence-corrected chi connectivity index (χ0v) is 8.85. The van der Waals surface area contributed by atoms with Crippen LogP contribution in [0.5, 0.6) is 0 Å². The van der Waals surface area contributed by atoms with Gasteiger partial charge in [-0.15, -0.1) is 5.10 Å². The van der Waals surface area contributed by atoms with Gasteiger partial charge in [-0.1, -0.05) is 20.3 Å². The molecule has 1 aromatic rings. The number of aromatic nitrogens is 3. The summed E-state index contributed by atoms with van der Waals surface area (Å²) in [6, 6.07) is 0.480. The summed E-state index contributed by atoms with van der Waals surface area (Å²) >= 11 is 0. The average Bonchev–Trinajstić information content (AvgIpc) is 2.42. The second-order valence-corrected chi connectivity index (χ2v) is 4.51. The predicted molar refractivity (Wildman–Crippen MR) is 55.7 cm³/mol. The highest BCUT2D eigenvalue weighted by molar-refractivity contribution is 5.10. The van der Waals surface area contributed by atoms with Crippen LogP contribution >= 0.6 is 0 Å². The van der Waals surface area contributed by atoms with Crippen LogP contribution in [0.3, 0.4) is 0 Å². The Morgan fingerprint density at radius 1 is 1.50 bits per heavy atom. The van der Waals surface area contributed by atoms with Gasteiger partial charge in [0.1, 0.15) is 6.33 Å². The second-order valence-electron chi connectivity index (χ2n) is 4.51. The normalized spacial score (nSPS) is 19.6. The lowest BCUT2D eigenvalue weighted by Crippen LogP contribution is -2.29. The molecule has 0 bridgehead atoms. The van der Waals surface area contributed by atoms with Crippen molar-refractivity contribution >= 4 is 5.95 Å². The largest absolute Gasteiger partial charge is 0.367 e. The predicted octanol–water partition coefficient (Wildman–Crippen LogP) is 1.86. The minimum absolute atomic E-state index is 0.384. The third-order valence-electron chi connectivity index (χ3n) is 3.15. The smallest absolute Gasteiger partial charge is 0.239 e. The van der Waals surface area contributed by atoms with Crippen molar-refractivity contribution in [3.05, 3.63) is 6.33 Å². The van der Waals surface area contributed by atoms with E-state index in [9.17, 15) is 0 Å². The molecule has 1 heterocycles. The first kappa shape index (κ1) is 9.49. The van der Waals surface area contributed by atoms with Crippen molar-refractivity contribution in [1.29, 1.82) is 0 Å². The molecule has 1 aliphatic rings. The Bertz CT molecular complexity index is 301. The molecule has 2 rings (SSSR count). The highest BCUT2D eigenvalue weighted by Gasteiger charge is 2.31. The third-order valence-corrected chi connectivity index (χ3v) is 3.15. The summed E-state index contributed by atoms with van der Waals surface area (Å²) in [6.45, 7) is 4.47. The van der Waals surface area contributed by atoms with Gasteiger partial charge in [0, 0.05) is 0 Å². The van der Waals surface area contributed by atoms with Gasteiger partial charge in [-0.2, -0.15) is 0 Å². The molecule has 1 saturated carbocycles. The van der Waals surface area contributed by atoms with Gasteiger partial charge < -0.3 is 5.73 Å². The van der Waals surface area contributed by atoms with Crippen LogP contribution in [0.4, 0.5) is 5.95 Å². The Morgan fingerprint density at radius 3 is 2.57 bits per heavy atom. The molecule has 1 aromatic heterocycles. The van der Waals surface area contributed by atoms with E-state index in [2.05, 4.69) is 23.9 Å². The third kappa shape index (κ3) is 1.61. The summed E-state index contributed by atoms with van der Waals surface area (Å²) in [5.74, 6) is 1.76. The molecule has 4 nitrogen and oxygen atoms in total. The van der Waals surface area contributed by atoms with E-state index in [0.29, 0.717) is 17.9 Å². The fourth-order valence-corrected chi connectivity index (χ4v) is 2.28. The van der Waals surface area contributed by atoms with Crippen LogP contribution in [0.2, 0.25) is 0 Å². The van der Waals surface area contributed by atoms with Crippen molar-refractivity contribution in [3.63, 3.8) is 0 Å². The first-order valence-corrected chi connectivity index (χ1v) is 5.35. The molecule has 78 valence electrons. The van der Waals surface area contributed by atoms with Crippen molar-refractivity contribution in [3.8, 4) is 0 Å². The molecule has 1 fully saturated rings. The van der Waals surface area contributed by atoms with E-state index in [1.165, 1.54) is 19.3 Å². The Labute approximate surface area is 84.5 Å². The van der Waals surface area contributed by atoms with E-state index >= 15 is 0 Å². The summed E-state index contributed by atoms with van der Waals surface area (Å²) in [6.07, 6.45) is 5.77. The molecule has 14 heavy (non-hydrogen) atoms. The Kier molecular flexibility index (Phi) is 2.44. The molecule has 0 saturated heterocycles. The summed E-state index contributed by atoms with van der Waals surface area (Å²) < 4.78 is 1.95. The number of nitrogens with two attached hydrogens (primary N) is 1. The van der Waals surface area contributed by atoms with Gasteiger partial charge in [0.25, 0.3) is 0 Å². The topological polar surface area (TPSA) is 56.7 Å². The molecule has 1 aliphatic carbocycles. The fraction of sp³-hybridized carbons (Fsp3) is 0.800.